The van der Waals surface area contributed by atoms with Crippen LogP contribution >= 0.6 is 15.9 Å². The van der Waals surface area contributed by atoms with Crippen LogP contribution in [0.4, 0.5) is 0 Å². The Morgan fingerprint density at radius 1 is 1.58 bits per heavy atom. The average Bonchev–Trinajstić information content (AvgIpc) is 2.67. The summed E-state index contributed by atoms with van der Waals surface area (Å²) in [5.74, 6) is -0.632. The SMILES string of the molecule is CC1(C)CCC(COc2c(Br)cccc2C(=O)O)O1. The lowest BCUT2D eigenvalue weighted by molar-refractivity contribution is -0.0329. The minimum Gasteiger partial charge on any atom is -0.489 e. The lowest BCUT2D eigenvalue weighted by Gasteiger charge is -2.20. The lowest BCUT2D eigenvalue weighted by atomic mass is 10.1. The first kappa shape index (κ1) is 14.3. The molecule has 2 rings (SSSR count). The number of ether oxygens (including phenoxy) is 2. The third-order valence-corrected chi connectivity index (χ3v) is 3.79. The predicted molar refractivity (Wildman–Crippen MR) is 74.8 cm³/mol. The van der Waals surface area contributed by atoms with Crippen LogP contribution in [-0.4, -0.2) is 29.4 Å². The quantitative estimate of drug-likeness (QED) is 0.919. The number of hydrogen-bond donors (Lipinski definition) is 1. The Morgan fingerprint density at radius 2 is 2.32 bits per heavy atom. The van der Waals surface area contributed by atoms with Gasteiger partial charge in [-0.15, -0.1) is 0 Å². The van der Waals surface area contributed by atoms with Gasteiger partial charge in [0.1, 0.15) is 17.9 Å². The molecule has 1 aliphatic heterocycles. The van der Waals surface area contributed by atoms with E-state index in [2.05, 4.69) is 15.9 Å². The molecular formula is C14H17BrO4. The fourth-order valence-electron chi connectivity index (χ4n) is 2.20. The van der Waals surface area contributed by atoms with Gasteiger partial charge in [0.05, 0.1) is 16.2 Å². The molecule has 19 heavy (non-hydrogen) atoms. The topological polar surface area (TPSA) is 55.8 Å². The van der Waals surface area contributed by atoms with E-state index in [9.17, 15) is 4.79 Å². The summed E-state index contributed by atoms with van der Waals surface area (Å²) in [5.41, 5.74) is 0.0454. The van der Waals surface area contributed by atoms with Crippen molar-refractivity contribution in [2.24, 2.45) is 0 Å². The van der Waals surface area contributed by atoms with Crippen LogP contribution in [0.2, 0.25) is 0 Å². The van der Waals surface area contributed by atoms with Crippen molar-refractivity contribution in [2.45, 2.75) is 38.4 Å². The summed E-state index contributed by atoms with van der Waals surface area (Å²) < 4.78 is 12.1. The van der Waals surface area contributed by atoms with E-state index in [0.717, 1.165) is 12.8 Å². The Morgan fingerprint density at radius 3 is 2.89 bits per heavy atom. The summed E-state index contributed by atoms with van der Waals surface area (Å²) in [6, 6.07) is 4.97. The molecule has 5 heteroatoms. The van der Waals surface area contributed by atoms with Gasteiger partial charge in [-0.1, -0.05) is 6.07 Å². The highest BCUT2D eigenvalue weighted by molar-refractivity contribution is 9.10. The van der Waals surface area contributed by atoms with Gasteiger partial charge in [0.15, 0.2) is 0 Å². The first-order valence-corrected chi connectivity index (χ1v) is 7.01. The molecule has 0 aliphatic carbocycles. The zero-order valence-corrected chi connectivity index (χ0v) is 12.6. The molecule has 1 saturated heterocycles. The van der Waals surface area contributed by atoms with E-state index in [1.165, 1.54) is 6.07 Å². The van der Waals surface area contributed by atoms with Crippen LogP contribution in [0.3, 0.4) is 0 Å². The molecule has 0 spiro atoms. The van der Waals surface area contributed by atoms with E-state index in [-0.39, 0.29) is 17.3 Å². The van der Waals surface area contributed by atoms with Crippen molar-refractivity contribution in [1.29, 1.82) is 0 Å². The van der Waals surface area contributed by atoms with E-state index in [1.807, 2.05) is 13.8 Å². The Hall–Kier alpha value is -1.07. The van der Waals surface area contributed by atoms with Gasteiger partial charge in [0.2, 0.25) is 0 Å². The number of carboxylic acids is 1. The van der Waals surface area contributed by atoms with Crippen molar-refractivity contribution in [2.75, 3.05) is 6.61 Å². The smallest absolute Gasteiger partial charge is 0.339 e. The van der Waals surface area contributed by atoms with E-state index < -0.39 is 5.97 Å². The van der Waals surface area contributed by atoms with Crippen molar-refractivity contribution >= 4 is 21.9 Å². The number of aromatic carboxylic acids is 1. The number of benzene rings is 1. The number of para-hydroxylation sites is 1. The molecule has 1 aromatic carbocycles. The summed E-state index contributed by atoms with van der Waals surface area (Å²) >= 11 is 3.32. The highest BCUT2D eigenvalue weighted by Crippen LogP contribution is 2.32. The molecule has 0 aromatic heterocycles. The molecule has 0 radical (unpaired) electrons. The molecule has 0 saturated carbocycles. The molecule has 4 nitrogen and oxygen atoms in total. The third-order valence-electron chi connectivity index (χ3n) is 3.17. The fourth-order valence-corrected chi connectivity index (χ4v) is 2.68. The normalized spacial score (nSPS) is 21.3. The van der Waals surface area contributed by atoms with Crippen LogP contribution in [-0.2, 0) is 4.74 Å². The van der Waals surface area contributed by atoms with Crippen LogP contribution in [0.15, 0.2) is 22.7 Å². The maximum absolute atomic E-state index is 11.1. The van der Waals surface area contributed by atoms with Gasteiger partial charge in [0, 0.05) is 0 Å². The summed E-state index contributed by atoms with van der Waals surface area (Å²) in [7, 11) is 0. The molecule has 0 bridgehead atoms. The second-order valence-corrected chi connectivity index (χ2v) is 6.13. The zero-order chi connectivity index (χ0) is 14.0. The second-order valence-electron chi connectivity index (χ2n) is 5.27. The summed E-state index contributed by atoms with van der Waals surface area (Å²) in [6.07, 6.45) is 1.94. The van der Waals surface area contributed by atoms with Gasteiger partial charge in [0.25, 0.3) is 0 Å². The minimum absolute atomic E-state index is 0.0174. The first-order chi connectivity index (χ1) is 8.89. The largest absolute Gasteiger partial charge is 0.489 e. The van der Waals surface area contributed by atoms with Gasteiger partial charge in [-0.2, -0.15) is 0 Å². The van der Waals surface area contributed by atoms with Crippen LogP contribution in [0, 0.1) is 0 Å². The van der Waals surface area contributed by atoms with Gasteiger partial charge >= 0.3 is 5.97 Å². The van der Waals surface area contributed by atoms with Crippen LogP contribution < -0.4 is 4.74 Å². The monoisotopic (exact) mass is 328 g/mol. The summed E-state index contributed by atoms with van der Waals surface area (Å²) in [5, 5.41) is 9.13. The van der Waals surface area contributed by atoms with E-state index in [1.54, 1.807) is 12.1 Å². The fraction of sp³-hybridized carbons (Fsp3) is 0.500. The molecule has 1 unspecified atom stereocenters. The highest BCUT2D eigenvalue weighted by Gasteiger charge is 2.32. The Kier molecular flexibility index (Phi) is 4.16. The molecule has 1 heterocycles. The molecular weight excluding hydrogens is 312 g/mol. The molecule has 0 amide bonds. The van der Waals surface area contributed by atoms with Gasteiger partial charge in [-0.3, -0.25) is 0 Å². The van der Waals surface area contributed by atoms with E-state index in [0.29, 0.717) is 16.8 Å². The zero-order valence-electron chi connectivity index (χ0n) is 11.0. The Balaban J connectivity index is 2.06. The maximum Gasteiger partial charge on any atom is 0.339 e. The molecule has 104 valence electrons. The maximum atomic E-state index is 11.1. The van der Waals surface area contributed by atoms with Crippen LogP contribution in [0.1, 0.15) is 37.0 Å². The standard InChI is InChI=1S/C14H17BrO4/c1-14(2)7-6-9(19-14)8-18-12-10(13(16)17)4-3-5-11(12)15/h3-5,9H,6-8H2,1-2H3,(H,16,17). The third kappa shape index (κ3) is 3.48. The van der Waals surface area contributed by atoms with Crippen molar-refractivity contribution in [1.82, 2.24) is 0 Å². The molecule has 1 atom stereocenters. The van der Waals surface area contributed by atoms with Crippen LogP contribution in [0.25, 0.3) is 0 Å². The number of carboxylic acid groups (broad SMARTS) is 1. The minimum atomic E-state index is -0.996. The van der Waals surface area contributed by atoms with Gasteiger partial charge in [-0.25, -0.2) is 4.79 Å². The number of hydrogen-bond acceptors (Lipinski definition) is 3. The molecule has 1 fully saturated rings. The van der Waals surface area contributed by atoms with Crippen molar-refractivity contribution in [3.8, 4) is 5.75 Å². The molecule has 1 aromatic rings. The summed E-state index contributed by atoms with van der Waals surface area (Å²) in [6.45, 7) is 4.47. The van der Waals surface area contributed by atoms with E-state index >= 15 is 0 Å². The second kappa shape index (κ2) is 5.51. The van der Waals surface area contributed by atoms with Crippen molar-refractivity contribution in [3.63, 3.8) is 0 Å². The Labute approximate surface area is 120 Å². The molecule has 1 N–H and O–H groups in total. The first-order valence-electron chi connectivity index (χ1n) is 6.21. The average molecular weight is 329 g/mol. The van der Waals surface area contributed by atoms with Crippen molar-refractivity contribution in [3.05, 3.63) is 28.2 Å². The van der Waals surface area contributed by atoms with Gasteiger partial charge in [-0.05, 0) is 54.8 Å². The number of rotatable bonds is 4. The van der Waals surface area contributed by atoms with Gasteiger partial charge < -0.3 is 14.6 Å². The van der Waals surface area contributed by atoms with Crippen molar-refractivity contribution < 1.29 is 19.4 Å². The molecule has 1 aliphatic rings. The number of carbonyl (C=O) groups is 1. The highest BCUT2D eigenvalue weighted by atomic mass is 79.9. The Bertz CT molecular complexity index is 484. The van der Waals surface area contributed by atoms with Crippen LogP contribution in [0.5, 0.6) is 5.75 Å². The summed E-state index contributed by atoms with van der Waals surface area (Å²) in [4.78, 5) is 11.1. The lowest BCUT2D eigenvalue weighted by Crippen LogP contribution is -2.24. The number of halogens is 1. The predicted octanol–water partition coefficient (Wildman–Crippen LogP) is 3.48. The van der Waals surface area contributed by atoms with E-state index in [4.69, 9.17) is 14.6 Å².